The predicted octanol–water partition coefficient (Wildman–Crippen LogP) is -0.0403. The molecule has 0 saturated carbocycles. The second-order valence-electron chi connectivity index (χ2n) is 5.57. The van der Waals surface area contributed by atoms with Crippen molar-refractivity contribution in [2.45, 2.75) is 6.04 Å². The highest BCUT2D eigenvalue weighted by Crippen LogP contribution is 2.19. The van der Waals surface area contributed by atoms with Crippen molar-refractivity contribution in [1.29, 1.82) is 0 Å². The van der Waals surface area contributed by atoms with Crippen molar-refractivity contribution in [3.8, 4) is 0 Å². The zero-order chi connectivity index (χ0) is 14.9. The van der Waals surface area contributed by atoms with Gasteiger partial charge in [0.25, 0.3) is 0 Å². The zero-order valence-electron chi connectivity index (χ0n) is 12.2. The molecule has 0 spiro atoms. The first-order chi connectivity index (χ1) is 10.8. The van der Waals surface area contributed by atoms with Gasteiger partial charge in [-0.05, 0) is 6.07 Å². The van der Waals surface area contributed by atoms with Crippen molar-refractivity contribution < 1.29 is 9.53 Å². The summed E-state index contributed by atoms with van der Waals surface area (Å²) in [4.78, 5) is 20.6. The summed E-state index contributed by atoms with van der Waals surface area (Å²) in [6, 6.07) is 4.01. The van der Waals surface area contributed by atoms with Gasteiger partial charge in [0.1, 0.15) is 5.82 Å². The Hall–Kier alpha value is -2.35. The van der Waals surface area contributed by atoms with E-state index in [1.165, 1.54) is 0 Å². The molecule has 2 fully saturated rings. The highest BCUT2D eigenvalue weighted by Gasteiger charge is 2.30. The predicted molar refractivity (Wildman–Crippen MR) is 79.9 cm³/mol. The van der Waals surface area contributed by atoms with Crippen LogP contribution in [0.3, 0.4) is 0 Å². The van der Waals surface area contributed by atoms with Crippen molar-refractivity contribution in [3.63, 3.8) is 0 Å². The van der Waals surface area contributed by atoms with Crippen molar-refractivity contribution in [1.82, 2.24) is 24.8 Å². The van der Waals surface area contributed by atoms with Gasteiger partial charge in [-0.1, -0.05) is 0 Å². The lowest BCUT2D eigenvalue weighted by Crippen LogP contribution is -2.62. The van der Waals surface area contributed by atoms with Gasteiger partial charge in [0.05, 0.1) is 25.5 Å². The fourth-order valence-corrected chi connectivity index (χ4v) is 2.77. The van der Waals surface area contributed by atoms with Crippen LogP contribution in [0.15, 0.2) is 24.5 Å². The van der Waals surface area contributed by atoms with Crippen LogP contribution in [-0.4, -0.2) is 71.0 Å². The summed E-state index contributed by atoms with van der Waals surface area (Å²) in [6.45, 7) is 4.16. The van der Waals surface area contributed by atoms with Gasteiger partial charge in [-0.15, -0.1) is 0 Å². The quantitative estimate of drug-likeness (QED) is 0.842. The van der Waals surface area contributed by atoms with Gasteiger partial charge >= 0.3 is 6.03 Å². The molecule has 22 heavy (non-hydrogen) atoms. The van der Waals surface area contributed by atoms with Crippen molar-refractivity contribution in [3.05, 3.63) is 24.5 Å². The maximum Gasteiger partial charge on any atom is 0.317 e. The minimum absolute atomic E-state index is 0.00662. The van der Waals surface area contributed by atoms with Crippen LogP contribution in [0.4, 0.5) is 10.6 Å². The first-order valence-electron chi connectivity index (χ1n) is 7.48. The first kappa shape index (κ1) is 13.3. The van der Waals surface area contributed by atoms with E-state index in [-0.39, 0.29) is 12.1 Å². The van der Waals surface area contributed by atoms with E-state index in [9.17, 15) is 4.79 Å². The van der Waals surface area contributed by atoms with Gasteiger partial charge in [0.15, 0.2) is 5.65 Å². The van der Waals surface area contributed by atoms with E-state index in [4.69, 9.17) is 4.74 Å². The molecule has 2 aromatic heterocycles. The largest absolute Gasteiger partial charge is 0.378 e. The number of aromatic nitrogens is 3. The number of nitrogens with zero attached hydrogens (tertiary/aromatic N) is 5. The number of carbonyl (C=O) groups is 1. The molecule has 4 rings (SSSR count). The Labute approximate surface area is 127 Å². The molecule has 0 radical (unpaired) electrons. The fourth-order valence-electron chi connectivity index (χ4n) is 2.77. The van der Waals surface area contributed by atoms with Crippen molar-refractivity contribution in [2.24, 2.45) is 0 Å². The topological polar surface area (TPSA) is 75.0 Å². The summed E-state index contributed by atoms with van der Waals surface area (Å²) in [5, 5.41) is 7.19. The molecular formula is C14H18N6O2. The van der Waals surface area contributed by atoms with E-state index in [0.29, 0.717) is 26.3 Å². The van der Waals surface area contributed by atoms with Crippen LogP contribution in [-0.2, 0) is 4.74 Å². The molecule has 2 aromatic rings. The molecule has 0 aromatic carbocycles. The number of urea groups is 1. The molecule has 2 saturated heterocycles. The Morgan fingerprint density at radius 1 is 1.27 bits per heavy atom. The monoisotopic (exact) mass is 302 g/mol. The Bertz CT molecular complexity index is 675. The number of carbonyl (C=O) groups excluding carboxylic acids is 1. The lowest BCUT2D eigenvalue weighted by atomic mass is 10.1. The summed E-state index contributed by atoms with van der Waals surface area (Å²) in [6.07, 6.45) is 3.63. The molecule has 0 unspecified atom stereocenters. The van der Waals surface area contributed by atoms with E-state index >= 15 is 0 Å². The van der Waals surface area contributed by atoms with Gasteiger partial charge in [-0.3, -0.25) is 0 Å². The van der Waals surface area contributed by atoms with E-state index < -0.39 is 0 Å². The lowest BCUT2D eigenvalue weighted by molar-refractivity contribution is 0.0522. The first-order valence-corrected chi connectivity index (χ1v) is 7.48. The molecule has 4 heterocycles. The average molecular weight is 302 g/mol. The standard InChI is InChI=1S/C14H18N6O2/c21-14(18-5-7-22-8-6-18)16-11-9-19(10-11)12-2-4-20-13(17-12)1-3-15-20/h1-4,11H,5-10H2,(H,16,21). The number of fused-ring (bicyclic) bond motifs is 1. The molecule has 2 aliphatic rings. The third-order valence-electron chi connectivity index (χ3n) is 4.07. The molecule has 116 valence electrons. The van der Waals surface area contributed by atoms with Crippen LogP contribution < -0.4 is 10.2 Å². The molecule has 1 N–H and O–H groups in total. The molecular weight excluding hydrogens is 284 g/mol. The van der Waals surface area contributed by atoms with Gasteiger partial charge in [-0.2, -0.15) is 5.10 Å². The minimum Gasteiger partial charge on any atom is -0.378 e. The molecule has 2 amide bonds. The van der Waals surface area contributed by atoms with Crippen LogP contribution in [0.2, 0.25) is 0 Å². The molecule has 0 bridgehead atoms. The maximum absolute atomic E-state index is 12.1. The number of amides is 2. The second-order valence-corrected chi connectivity index (χ2v) is 5.57. The summed E-state index contributed by atoms with van der Waals surface area (Å²) in [5.74, 6) is 0.921. The van der Waals surface area contributed by atoms with Gasteiger partial charge in [-0.25, -0.2) is 14.3 Å². The van der Waals surface area contributed by atoms with E-state index in [1.54, 1.807) is 10.7 Å². The van der Waals surface area contributed by atoms with Crippen LogP contribution in [0.5, 0.6) is 0 Å². The number of anilines is 1. The number of hydrogen-bond donors (Lipinski definition) is 1. The Morgan fingerprint density at radius 2 is 2.09 bits per heavy atom. The van der Waals surface area contributed by atoms with E-state index in [2.05, 4.69) is 20.3 Å². The van der Waals surface area contributed by atoms with E-state index in [1.807, 2.05) is 23.2 Å². The van der Waals surface area contributed by atoms with Gasteiger partial charge in [0.2, 0.25) is 0 Å². The highest BCUT2D eigenvalue weighted by atomic mass is 16.5. The molecule has 2 aliphatic heterocycles. The third-order valence-corrected chi connectivity index (χ3v) is 4.07. The average Bonchev–Trinajstić information content (AvgIpc) is 2.98. The molecule has 0 aliphatic carbocycles. The summed E-state index contributed by atoms with van der Waals surface area (Å²) < 4.78 is 6.99. The van der Waals surface area contributed by atoms with Gasteiger partial charge in [0, 0.05) is 38.4 Å². The number of rotatable bonds is 2. The highest BCUT2D eigenvalue weighted by molar-refractivity contribution is 5.75. The van der Waals surface area contributed by atoms with E-state index in [0.717, 1.165) is 24.6 Å². The Morgan fingerprint density at radius 3 is 2.91 bits per heavy atom. The zero-order valence-corrected chi connectivity index (χ0v) is 12.2. The summed E-state index contributed by atoms with van der Waals surface area (Å²) in [7, 11) is 0. The van der Waals surface area contributed by atoms with Crippen LogP contribution in [0.1, 0.15) is 0 Å². The SMILES string of the molecule is O=C(NC1CN(c2ccn3nccc3n2)C1)N1CCOCC1. The Balaban J connectivity index is 1.32. The van der Waals surface area contributed by atoms with Crippen LogP contribution in [0.25, 0.3) is 5.65 Å². The Kier molecular flexibility index (Phi) is 3.30. The van der Waals surface area contributed by atoms with Gasteiger partial charge < -0.3 is 19.9 Å². The van der Waals surface area contributed by atoms with Crippen molar-refractivity contribution >= 4 is 17.5 Å². The van der Waals surface area contributed by atoms with Crippen LogP contribution in [0, 0.1) is 0 Å². The smallest absolute Gasteiger partial charge is 0.317 e. The third kappa shape index (κ3) is 2.45. The number of morpholine rings is 1. The summed E-state index contributed by atoms with van der Waals surface area (Å²) in [5.41, 5.74) is 0.832. The van der Waals surface area contributed by atoms with Crippen molar-refractivity contribution in [2.75, 3.05) is 44.3 Å². The number of nitrogens with one attached hydrogen (secondary N) is 1. The molecule has 8 heteroatoms. The number of ether oxygens (including phenoxy) is 1. The summed E-state index contributed by atoms with van der Waals surface area (Å²) >= 11 is 0. The van der Waals surface area contributed by atoms with Crippen LogP contribution >= 0.6 is 0 Å². The second kappa shape index (κ2) is 5.45. The normalized spacial score (nSPS) is 19.3. The molecule has 0 atom stereocenters. The lowest BCUT2D eigenvalue weighted by Gasteiger charge is -2.41. The minimum atomic E-state index is 0.00662. The molecule has 8 nitrogen and oxygen atoms in total. The fraction of sp³-hybridized carbons (Fsp3) is 0.500. The number of hydrogen-bond acceptors (Lipinski definition) is 5. The maximum atomic E-state index is 12.1.